The minimum atomic E-state index is 0.0151. The van der Waals surface area contributed by atoms with Gasteiger partial charge in [-0.15, -0.1) is 9.97 Å². The third-order valence-electron chi connectivity index (χ3n) is 9.53. The second-order valence-corrected chi connectivity index (χ2v) is 12.0. The van der Waals surface area contributed by atoms with Crippen LogP contribution in [0, 0.1) is 13.1 Å². The van der Waals surface area contributed by atoms with Crippen molar-refractivity contribution in [1.29, 1.82) is 0 Å². The molecule has 0 spiro atoms. The van der Waals surface area contributed by atoms with Gasteiger partial charge in [0.2, 0.25) is 11.0 Å². The van der Waals surface area contributed by atoms with E-state index in [1.807, 2.05) is 12.1 Å². The van der Waals surface area contributed by atoms with Crippen molar-refractivity contribution in [3.8, 4) is 11.4 Å². The van der Waals surface area contributed by atoms with Crippen LogP contribution in [0.1, 0.15) is 0 Å². The lowest BCUT2D eigenvalue weighted by Crippen LogP contribution is -1.97. The van der Waals surface area contributed by atoms with Crippen LogP contribution in [0.4, 0.5) is 11.6 Å². The number of rotatable bonds is 2. The summed E-state index contributed by atoms with van der Waals surface area (Å²) in [4.78, 5) is 17.0. The molecule has 6 nitrogen and oxygen atoms in total. The molecule has 7 aromatic carbocycles. The number of hydrogen-bond donors (Lipinski definition) is 0. The highest BCUT2D eigenvalue weighted by molar-refractivity contribution is 6.34. The van der Waals surface area contributed by atoms with Crippen LogP contribution in [0.25, 0.3) is 97.3 Å². The van der Waals surface area contributed by atoms with E-state index in [1.54, 1.807) is 0 Å². The van der Waals surface area contributed by atoms with E-state index in [9.17, 15) is 0 Å². The Balaban J connectivity index is 1.52. The monoisotopic (exact) mass is 610 g/mol. The molecule has 0 unspecified atom stereocenters. The predicted molar refractivity (Wildman–Crippen MR) is 196 cm³/mol. The van der Waals surface area contributed by atoms with Crippen LogP contribution in [-0.4, -0.2) is 19.1 Å². The van der Waals surface area contributed by atoms with Crippen LogP contribution in [-0.2, 0) is 0 Å². The summed E-state index contributed by atoms with van der Waals surface area (Å²) in [5.74, 6) is 0.0302. The van der Waals surface area contributed by atoms with Crippen LogP contribution in [0.2, 0.25) is 0 Å². The van der Waals surface area contributed by atoms with Gasteiger partial charge >= 0.3 is 0 Å². The first-order valence-corrected chi connectivity index (χ1v) is 15.7. The quantitative estimate of drug-likeness (QED) is 0.144. The Kier molecular flexibility index (Phi) is 5.32. The van der Waals surface area contributed by atoms with E-state index < -0.39 is 0 Å². The van der Waals surface area contributed by atoms with E-state index in [1.165, 1.54) is 0 Å². The summed E-state index contributed by atoms with van der Waals surface area (Å²) in [5.41, 5.74) is 7.66. The van der Waals surface area contributed by atoms with Gasteiger partial charge < -0.3 is 18.8 Å². The zero-order valence-corrected chi connectivity index (χ0v) is 25.4. The van der Waals surface area contributed by atoms with Crippen LogP contribution < -0.4 is 0 Å². The van der Waals surface area contributed by atoms with Crippen molar-refractivity contribution in [2.75, 3.05) is 0 Å². The van der Waals surface area contributed by atoms with Crippen molar-refractivity contribution in [2.24, 2.45) is 0 Å². The van der Waals surface area contributed by atoms with E-state index >= 15 is 0 Å². The predicted octanol–water partition coefficient (Wildman–Crippen LogP) is 11.2. The average molecular weight is 611 g/mol. The Labute approximate surface area is 274 Å². The Hall–Kier alpha value is -7.02. The molecular weight excluding hydrogens is 589 g/mol. The number of benzene rings is 7. The average Bonchev–Trinajstić information content (AvgIpc) is 3.66. The topological polar surface area (TPSA) is 44.4 Å². The zero-order chi connectivity index (χ0) is 31.9. The molecule has 0 saturated heterocycles. The first kappa shape index (κ1) is 26.2. The highest BCUT2D eigenvalue weighted by Crippen LogP contribution is 2.45. The molecule has 3 heterocycles. The van der Waals surface area contributed by atoms with Crippen molar-refractivity contribution < 1.29 is 0 Å². The maximum absolute atomic E-state index is 7.85. The number of fused-ring (bicyclic) bond motifs is 13. The first-order chi connectivity index (χ1) is 23.7. The lowest BCUT2D eigenvalue weighted by molar-refractivity contribution is 1.18. The van der Waals surface area contributed by atoms with Gasteiger partial charge in [-0.05, 0) is 60.0 Å². The molecule has 0 saturated carbocycles. The smallest absolute Gasteiger partial charge is 0.294 e. The van der Waals surface area contributed by atoms with Gasteiger partial charge in [0.15, 0.2) is 0 Å². The summed E-state index contributed by atoms with van der Waals surface area (Å²) in [5, 5.41) is 8.40. The van der Waals surface area contributed by atoms with Gasteiger partial charge in [0.05, 0.1) is 22.1 Å². The van der Waals surface area contributed by atoms with Crippen LogP contribution in [0.15, 0.2) is 133 Å². The van der Waals surface area contributed by atoms with Crippen molar-refractivity contribution in [3.05, 3.63) is 156 Å². The third kappa shape index (κ3) is 3.43. The molecule has 3 aromatic heterocycles. The van der Waals surface area contributed by atoms with Gasteiger partial charge in [-0.1, -0.05) is 92.0 Å². The first-order valence-electron chi connectivity index (χ1n) is 15.7. The van der Waals surface area contributed by atoms with Crippen molar-refractivity contribution in [3.63, 3.8) is 0 Å². The summed E-state index contributed by atoms with van der Waals surface area (Å²) in [6.45, 7) is 15.7. The zero-order valence-electron chi connectivity index (χ0n) is 25.4. The normalized spacial score (nSPS) is 11.7. The minimum Gasteiger partial charge on any atom is -0.370 e. The van der Waals surface area contributed by atoms with Gasteiger partial charge in [0.1, 0.15) is 0 Å². The van der Waals surface area contributed by atoms with Crippen LogP contribution in [0.3, 0.4) is 0 Å². The molecule has 48 heavy (non-hydrogen) atoms. The molecule has 0 fully saturated rings. The minimum absolute atomic E-state index is 0.0151. The van der Waals surface area contributed by atoms with E-state index in [0.29, 0.717) is 11.0 Å². The van der Waals surface area contributed by atoms with Gasteiger partial charge in [0, 0.05) is 49.1 Å². The van der Waals surface area contributed by atoms with Gasteiger partial charge in [-0.3, -0.25) is 0 Å². The van der Waals surface area contributed by atoms with Crippen molar-refractivity contribution in [1.82, 2.24) is 19.1 Å². The molecule has 0 radical (unpaired) electrons. The van der Waals surface area contributed by atoms with Crippen LogP contribution >= 0.6 is 0 Å². The lowest BCUT2D eigenvalue weighted by atomic mass is 9.95. The van der Waals surface area contributed by atoms with Gasteiger partial charge in [-0.25, -0.2) is 0 Å². The molecule has 6 heteroatoms. The molecular formula is C42H22N6. The molecule has 220 valence electrons. The number of hydrogen-bond acceptors (Lipinski definition) is 2. The Bertz CT molecular complexity index is 3030. The SMILES string of the molecule is [C-]#[N+]c1nc2c3cc4c(cc3c3c(ccc5c6ccccc6n(-c6ccccc6)c53)c2nc1[N+]#[C-])c1ccccc1n4-c1ccccc1. The summed E-state index contributed by atoms with van der Waals surface area (Å²) in [7, 11) is 0. The van der Waals surface area contributed by atoms with Crippen LogP contribution in [0.5, 0.6) is 0 Å². The Morgan fingerprint density at radius 1 is 0.417 bits per heavy atom. The number of aromatic nitrogens is 4. The largest absolute Gasteiger partial charge is 0.370 e. The summed E-state index contributed by atoms with van der Waals surface area (Å²) in [6, 6.07) is 46.6. The van der Waals surface area contributed by atoms with Gasteiger partial charge in [0.25, 0.3) is 11.6 Å². The van der Waals surface area contributed by atoms with E-state index in [-0.39, 0.29) is 11.6 Å². The van der Waals surface area contributed by atoms with E-state index in [0.717, 1.165) is 76.5 Å². The Morgan fingerprint density at radius 2 is 0.938 bits per heavy atom. The van der Waals surface area contributed by atoms with E-state index in [2.05, 4.69) is 140 Å². The highest BCUT2D eigenvalue weighted by atomic mass is 15.0. The highest BCUT2D eigenvalue weighted by Gasteiger charge is 2.25. The fourth-order valence-corrected chi connectivity index (χ4v) is 7.59. The maximum Gasteiger partial charge on any atom is 0.294 e. The standard InChI is InChI=1S/C42H22N6/c1-43-41-42(44-2)46-39-33-24-36-31(28-18-10-11-19-34(28)47(36)25-13-5-3-6-14-25)23-32(33)37-30(38(39)45-41)22-21-29-27-17-9-12-20-35(27)48(40(29)37)26-15-7-4-8-16-26/h3-24H. The molecule has 0 aliphatic heterocycles. The second kappa shape index (κ2) is 9.74. The lowest BCUT2D eigenvalue weighted by Gasteiger charge is -2.13. The molecule has 0 aliphatic rings. The fraction of sp³-hybridized carbons (Fsp3) is 0. The summed E-state index contributed by atoms with van der Waals surface area (Å²) < 4.78 is 4.63. The molecule has 0 atom stereocenters. The molecule has 0 amide bonds. The number of nitrogens with zero attached hydrogens (tertiary/aromatic N) is 6. The second-order valence-electron chi connectivity index (χ2n) is 12.0. The maximum atomic E-state index is 7.85. The molecule has 10 rings (SSSR count). The number of para-hydroxylation sites is 4. The van der Waals surface area contributed by atoms with Crippen molar-refractivity contribution in [2.45, 2.75) is 0 Å². The van der Waals surface area contributed by atoms with Crippen molar-refractivity contribution >= 4 is 87.8 Å². The molecule has 0 aliphatic carbocycles. The molecule has 0 N–H and O–H groups in total. The Morgan fingerprint density at radius 3 is 1.58 bits per heavy atom. The third-order valence-corrected chi connectivity index (χ3v) is 9.53. The molecule has 10 aromatic rings. The molecule has 0 bridgehead atoms. The summed E-state index contributed by atoms with van der Waals surface area (Å²) >= 11 is 0. The summed E-state index contributed by atoms with van der Waals surface area (Å²) in [6.07, 6.45) is 0. The fourth-order valence-electron chi connectivity index (χ4n) is 7.59. The van der Waals surface area contributed by atoms with E-state index in [4.69, 9.17) is 23.1 Å². The van der Waals surface area contributed by atoms with Gasteiger partial charge in [-0.2, -0.15) is 0 Å².